The lowest BCUT2D eigenvalue weighted by atomic mass is 10.1. The van der Waals surface area contributed by atoms with Gasteiger partial charge < -0.3 is 11.1 Å². The first kappa shape index (κ1) is 10.3. The zero-order valence-electron chi connectivity index (χ0n) is 9.42. The van der Waals surface area contributed by atoms with E-state index in [0.717, 1.165) is 18.2 Å². The molecule has 1 aromatic carbocycles. The molecule has 0 amide bonds. The van der Waals surface area contributed by atoms with Crippen molar-refractivity contribution in [2.75, 3.05) is 17.6 Å². The minimum Gasteiger partial charge on any atom is -0.399 e. The highest BCUT2D eigenvalue weighted by Crippen LogP contribution is 2.25. The molecule has 0 unspecified atom stereocenters. The van der Waals surface area contributed by atoms with E-state index in [-0.39, 0.29) is 0 Å². The first-order valence-corrected chi connectivity index (χ1v) is 5.85. The van der Waals surface area contributed by atoms with E-state index in [1.54, 1.807) is 0 Å². The molecule has 15 heavy (non-hydrogen) atoms. The maximum Gasteiger partial charge on any atom is 0.0363 e. The van der Waals surface area contributed by atoms with Crippen LogP contribution >= 0.6 is 0 Å². The first-order valence-electron chi connectivity index (χ1n) is 5.85. The number of nitrogen functional groups attached to an aromatic ring is 1. The summed E-state index contributed by atoms with van der Waals surface area (Å²) >= 11 is 0. The summed E-state index contributed by atoms with van der Waals surface area (Å²) in [7, 11) is 0. The quantitative estimate of drug-likeness (QED) is 0.742. The van der Waals surface area contributed by atoms with E-state index in [9.17, 15) is 0 Å². The van der Waals surface area contributed by atoms with E-state index in [4.69, 9.17) is 5.73 Å². The van der Waals surface area contributed by atoms with Gasteiger partial charge in [-0.2, -0.15) is 0 Å². The van der Waals surface area contributed by atoms with Crippen molar-refractivity contribution in [2.24, 2.45) is 5.92 Å². The molecule has 0 bridgehead atoms. The second-order valence-corrected chi connectivity index (χ2v) is 4.66. The van der Waals surface area contributed by atoms with Crippen molar-refractivity contribution in [3.05, 3.63) is 23.8 Å². The van der Waals surface area contributed by atoms with Gasteiger partial charge >= 0.3 is 0 Å². The molecule has 1 fully saturated rings. The monoisotopic (exact) mass is 204 g/mol. The number of aryl methyl sites for hydroxylation is 1. The van der Waals surface area contributed by atoms with Gasteiger partial charge in [0, 0.05) is 17.9 Å². The molecule has 0 atom stereocenters. The Bertz CT molecular complexity index is 307. The van der Waals surface area contributed by atoms with Crippen LogP contribution in [0.25, 0.3) is 0 Å². The highest BCUT2D eigenvalue weighted by molar-refractivity contribution is 5.56. The minimum absolute atomic E-state index is 0.851. The molecule has 2 rings (SSSR count). The van der Waals surface area contributed by atoms with Crippen molar-refractivity contribution in [1.82, 2.24) is 0 Å². The second kappa shape index (κ2) is 4.56. The Morgan fingerprint density at radius 3 is 2.67 bits per heavy atom. The topological polar surface area (TPSA) is 38.0 Å². The highest BCUT2D eigenvalue weighted by Gasteiger charge is 2.14. The van der Waals surface area contributed by atoms with Crippen molar-refractivity contribution in [1.29, 1.82) is 0 Å². The third kappa shape index (κ3) is 2.88. The molecule has 1 aromatic rings. The largest absolute Gasteiger partial charge is 0.399 e. The fraction of sp³-hybridized carbons (Fsp3) is 0.538. The Morgan fingerprint density at radius 2 is 2.00 bits per heavy atom. The van der Waals surface area contributed by atoms with Crippen LogP contribution in [0.2, 0.25) is 0 Å². The van der Waals surface area contributed by atoms with Crippen LogP contribution in [0.4, 0.5) is 11.4 Å². The van der Waals surface area contributed by atoms with Crippen molar-refractivity contribution < 1.29 is 0 Å². The van der Waals surface area contributed by atoms with Crippen molar-refractivity contribution in [3.8, 4) is 0 Å². The molecular formula is C13H20N2. The third-order valence-corrected chi connectivity index (χ3v) is 3.17. The lowest BCUT2D eigenvalue weighted by molar-refractivity contribution is 0.580. The standard InChI is InChI=1S/C13H20N2/c1-10-6-12(14)8-13(7-10)15-9-11-4-2-3-5-11/h6-8,11,15H,2-5,9,14H2,1H3. The van der Waals surface area contributed by atoms with E-state index >= 15 is 0 Å². The Morgan fingerprint density at radius 1 is 1.27 bits per heavy atom. The molecule has 0 radical (unpaired) electrons. The maximum absolute atomic E-state index is 5.80. The van der Waals surface area contributed by atoms with Gasteiger partial charge in [0.2, 0.25) is 0 Å². The predicted molar refractivity (Wildman–Crippen MR) is 66.0 cm³/mol. The average molecular weight is 204 g/mol. The van der Waals surface area contributed by atoms with Crippen molar-refractivity contribution >= 4 is 11.4 Å². The summed E-state index contributed by atoms with van der Waals surface area (Å²) in [5.74, 6) is 0.867. The van der Waals surface area contributed by atoms with Gasteiger partial charge in [-0.1, -0.05) is 12.8 Å². The van der Waals surface area contributed by atoms with Crippen LogP contribution in [-0.2, 0) is 0 Å². The van der Waals surface area contributed by atoms with Gasteiger partial charge in [-0.3, -0.25) is 0 Å². The predicted octanol–water partition coefficient (Wildman–Crippen LogP) is 3.18. The van der Waals surface area contributed by atoms with Crippen LogP contribution in [0, 0.1) is 12.8 Å². The molecule has 82 valence electrons. The number of rotatable bonds is 3. The molecule has 2 nitrogen and oxygen atoms in total. The maximum atomic E-state index is 5.80. The zero-order valence-corrected chi connectivity index (χ0v) is 9.42. The molecule has 0 aromatic heterocycles. The van der Waals surface area contributed by atoms with E-state index in [0.29, 0.717) is 0 Å². The molecule has 1 saturated carbocycles. The summed E-state index contributed by atoms with van der Waals surface area (Å²) in [6.07, 6.45) is 5.58. The van der Waals surface area contributed by atoms with Gasteiger partial charge in [0.1, 0.15) is 0 Å². The number of hydrogen-bond donors (Lipinski definition) is 2. The summed E-state index contributed by atoms with van der Waals surface area (Å²) in [6, 6.07) is 6.17. The summed E-state index contributed by atoms with van der Waals surface area (Å²) in [5, 5.41) is 3.49. The summed E-state index contributed by atoms with van der Waals surface area (Å²) < 4.78 is 0. The Labute approximate surface area is 91.9 Å². The van der Waals surface area contributed by atoms with Gasteiger partial charge in [-0.15, -0.1) is 0 Å². The van der Waals surface area contributed by atoms with Gasteiger partial charge in [0.15, 0.2) is 0 Å². The molecule has 1 aliphatic rings. The molecule has 3 N–H and O–H groups in total. The Balaban J connectivity index is 1.92. The number of benzene rings is 1. The van der Waals surface area contributed by atoms with Crippen LogP contribution in [0.1, 0.15) is 31.2 Å². The Kier molecular flexibility index (Phi) is 3.14. The molecule has 0 aliphatic heterocycles. The summed E-state index contributed by atoms with van der Waals surface area (Å²) in [5.41, 5.74) is 9.05. The molecule has 0 heterocycles. The van der Waals surface area contributed by atoms with Gasteiger partial charge in [-0.25, -0.2) is 0 Å². The highest BCUT2D eigenvalue weighted by atomic mass is 14.9. The number of anilines is 2. The molecule has 1 aliphatic carbocycles. The number of nitrogens with two attached hydrogens (primary N) is 1. The van der Waals surface area contributed by atoms with Crippen LogP contribution in [0.5, 0.6) is 0 Å². The molecule has 2 heteroatoms. The van der Waals surface area contributed by atoms with Crippen LogP contribution in [0.15, 0.2) is 18.2 Å². The minimum atomic E-state index is 0.851. The average Bonchev–Trinajstić information content (AvgIpc) is 2.65. The number of nitrogens with one attached hydrogen (secondary N) is 1. The summed E-state index contributed by atoms with van der Waals surface area (Å²) in [4.78, 5) is 0. The fourth-order valence-corrected chi connectivity index (χ4v) is 2.39. The normalized spacial score (nSPS) is 16.9. The van der Waals surface area contributed by atoms with Gasteiger partial charge in [0.05, 0.1) is 0 Å². The van der Waals surface area contributed by atoms with Crippen LogP contribution in [0.3, 0.4) is 0 Å². The van der Waals surface area contributed by atoms with E-state index in [1.165, 1.54) is 36.9 Å². The lowest BCUT2D eigenvalue weighted by Gasteiger charge is -2.12. The third-order valence-electron chi connectivity index (χ3n) is 3.17. The smallest absolute Gasteiger partial charge is 0.0363 e. The van der Waals surface area contributed by atoms with Crippen molar-refractivity contribution in [2.45, 2.75) is 32.6 Å². The molecule has 0 saturated heterocycles. The molecule has 0 spiro atoms. The zero-order chi connectivity index (χ0) is 10.7. The van der Waals surface area contributed by atoms with Crippen LogP contribution < -0.4 is 11.1 Å². The fourth-order valence-electron chi connectivity index (χ4n) is 2.39. The summed E-state index contributed by atoms with van der Waals surface area (Å²) in [6.45, 7) is 3.18. The van der Waals surface area contributed by atoms with E-state index < -0.39 is 0 Å². The van der Waals surface area contributed by atoms with Crippen molar-refractivity contribution in [3.63, 3.8) is 0 Å². The first-order chi connectivity index (χ1) is 7.24. The van der Waals surface area contributed by atoms with E-state index in [1.807, 2.05) is 12.1 Å². The van der Waals surface area contributed by atoms with Crippen LogP contribution in [-0.4, -0.2) is 6.54 Å². The van der Waals surface area contributed by atoms with E-state index in [2.05, 4.69) is 18.3 Å². The molecular weight excluding hydrogens is 184 g/mol. The number of hydrogen-bond acceptors (Lipinski definition) is 2. The second-order valence-electron chi connectivity index (χ2n) is 4.66. The Hall–Kier alpha value is -1.18. The SMILES string of the molecule is Cc1cc(N)cc(NCC2CCCC2)c1. The lowest BCUT2D eigenvalue weighted by Crippen LogP contribution is -2.11. The van der Waals surface area contributed by atoms with Gasteiger partial charge in [0.25, 0.3) is 0 Å². The van der Waals surface area contributed by atoms with Gasteiger partial charge in [-0.05, 0) is 49.4 Å².